The van der Waals surface area contributed by atoms with Crippen LogP contribution in [0.4, 0.5) is 0 Å². The van der Waals surface area contributed by atoms with Crippen molar-refractivity contribution in [2.24, 2.45) is 5.73 Å². The number of hydrogen-bond donors (Lipinski definition) is 1. The quantitative estimate of drug-likeness (QED) is 0.791. The summed E-state index contributed by atoms with van der Waals surface area (Å²) in [6.45, 7) is 3.33. The summed E-state index contributed by atoms with van der Waals surface area (Å²) in [6, 6.07) is 10.3. The van der Waals surface area contributed by atoms with Crippen molar-refractivity contribution in [3.63, 3.8) is 0 Å². The average molecular weight is 255 g/mol. The molecule has 0 saturated carbocycles. The summed E-state index contributed by atoms with van der Waals surface area (Å²) in [4.78, 5) is 2.23. The molecule has 1 unspecified atom stereocenters. The van der Waals surface area contributed by atoms with Gasteiger partial charge in [0.2, 0.25) is 0 Å². The molecule has 1 aliphatic rings. The summed E-state index contributed by atoms with van der Waals surface area (Å²) in [5, 5.41) is 8.88. The Morgan fingerprint density at radius 1 is 1.47 bits per heavy atom. The zero-order valence-corrected chi connectivity index (χ0v) is 10.8. The third kappa shape index (κ3) is 4.08. The van der Waals surface area contributed by atoms with Crippen LogP contribution in [0.3, 0.4) is 0 Å². The summed E-state index contributed by atoms with van der Waals surface area (Å²) in [6.07, 6.45) is -0.311. The van der Waals surface area contributed by atoms with Crippen LogP contribution in [0.1, 0.15) is 11.1 Å². The van der Waals surface area contributed by atoms with Crippen LogP contribution in [0.2, 0.25) is 0 Å². The minimum absolute atomic E-state index is 0.311. The Kier molecular flexibility index (Phi) is 4.94. The van der Waals surface area contributed by atoms with Crippen LogP contribution in [0, 0.1) is 23.2 Å². The number of ether oxygens (including phenoxy) is 1. The molecule has 0 amide bonds. The lowest BCUT2D eigenvalue weighted by Gasteiger charge is -2.29. The highest BCUT2D eigenvalue weighted by molar-refractivity contribution is 5.37. The fraction of sp³-hybridized carbons (Fsp3) is 0.400. The smallest absolute Gasteiger partial charge is 0.156 e. The van der Waals surface area contributed by atoms with Crippen LogP contribution in [-0.4, -0.2) is 37.2 Å². The molecule has 4 nitrogen and oxygen atoms in total. The van der Waals surface area contributed by atoms with Crippen molar-refractivity contribution < 1.29 is 4.74 Å². The van der Waals surface area contributed by atoms with Crippen molar-refractivity contribution in [1.29, 1.82) is 5.26 Å². The largest absolute Gasteiger partial charge is 0.361 e. The predicted octanol–water partition coefficient (Wildman–Crippen LogP) is 0.721. The second-order valence-electron chi connectivity index (χ2n) is 4.43. The third-order valence-corrected chi connectivity index (χ3v) is 2.96. The van der Waals surface area contributed by atoms with Crippen LogP contribution >= 0.6 is 0 Å². The van der Waals surface area contributed by atoms with E-state index in [1.165, 1.54) is 5.56 Å². The number of nitrogens with two attached hydrogens (primary N) is 1. The third-order valence-electron chi connectivity index (χ3n) is 2.96. The molecule has 1 aromatic rings. The van der Waals surface area contributed by atoms with E-state index in [4.69, 9.17) is 15.7 Å². The topological polar surface area (TPSA) is 62.3 Å². The highest BCUT2D eigenvalue weighted by Crippen LogP contribution is 2.11. The van der Waals surface area contributed by atoms with Crippen LogP contribution in [0.25, 0.3) is 0 Å². The number of hydrogen-bond acceptors (Lipinski definition) is 4. The van der Waals surface area contributed by atoms with Crippen LogP contribution in [-0.2, 0) is 11.3 Å². The molecule has 0 radical (unpaired) electrons. The van der Waals surface area contributed by atoms with Gasteiger partial charge in [0.05, 0.1) is 19.2 Å². The molecule has 1 aromatic carbocycles. The van der Waals surface area contributed by atoms with Gasteiger partial charge in [0.25, 0.3) is 0 Å². The van der Waals surface area contributed by atoms with Crippen molar-refractivity contribution in [3.8, 4) is 17.9 Å². The van der Waals surface area contributed by atoms with E-state index in [2.05, 4.69) is 34.9 Å². The molecule has 0 spiro atoms. The number of benzene rings is 1. The Morgan fingerprint density at radius 3 is 3.16 bits per heavy atom. The maximum atomic E-state index is 8.88. The van der Waals surface area contributed by atoms with Gasteiger partial charge in [-0.15, -0.1) is 0 Å². The van der Waals surface area contributed by atoms with Gasteiger partial charge in [0.15, 0.2) is 6.10 Å². The highest BCUT2D eigenvalue weighted by Gasteiger charge is 2.19. The Hall–Kier alpha value is -1.85. The molecule has 2 N–H and O–H groups in total. The molecule has 0 aliphatic carbocycles. The Labute approximate surface area is 113 Å². The van der Waals surface area contributed by atoms with Crippen molar-refractivity contribution in [1.82, 2.24) is 4.90 Å². The maximum Gasteiger partial charge on any atom is 0.156 e. The zero-order chi connectivity index (χ0) is 13.5. The molecule has 0 bridgehead atoms. The first-order valence-electron chi connectivity index (χ1n) is 6.33. The van der Waals surface area contributed by atoms with Gasteiger partial charge in [-0.1, -0.05) is 24.0 Å². The van der Waals surface area contributed by atoms with Crippen LogP contribution in [0.15, 0.2) is 24.3 Å². The number of morpholine rings is 1. The van der Waals surface area contributed by atoms with Gasteiger partial charge in [-0.2, -0.15) is 5.26 Å². The zero-order valence-electron chi connectivity index (χ0n) is 10.8. The minimum atomic E-state index is -0.311. The minimum Gasteiger partial charge on any atom is -0.361 e. The first-order chi connectivity index (χ1) is 9.31. The van der Waals surface area contributed by atoms with Gasteiger partial charge in [-0.25, -0.2) is 0 Å². The number of rotatable bonds is 2. The van der Waals surface area contributed by atoms with E-state index < -0.39 is 0 Å². The first kappa shape index (κ1) is 13.6. The molecule has 19 heavy (non-hydrogen) atoms. The maximum absolute atomic E-state index is 8.88. The van der Waals surface area contributed by atoms with Crippen LogP contribution < -0.4 is 5.73 Å². The van der Waals surface area contributed by atoms with Crippen LogP contribution in [0.5, 0.6) is 0 Å². The molecule has 0 aromatic heterocycles. The second-order valence-corrected chi connectivity index (χ2v) is 4.43. The van der Waals surface area contributed by atoms with Crippen molar-refractivity contribution >= 4 is 0 Å². The molecular weight excluding hydrogens is 238 g/mol. The van der Waals surface area contributed by atoms with E-state index in [9.17, 15) is 0 Å². The lowest BCUT2D eigenvalue weighted by molar-refractivity contribution is -0.00269. The van der Waals surface area contributed by atoms with Gasteiger partial charge in [-0.3, -0.25) is 4.90 Å². The van der Waals surface area contributed by atoms with Gasteiger partial charge >= 0.3 is 0 Å². The predicted molar refractivity (Wildman–Crippen MR) is 73.0 cm³/mol. The normalized spacial score (nSPS) is 19.3. The van der Waals surface area contributed by atoms with Gasteiger partial charge in [-0.05, 0) is 17.7 Å². The molecule has 1 heterocycles. The summed E-state index contributed by atoms with van der Waals surface area (Å²) in [5.74, 6) is 5.88. The molecule has 1 fully saturated rings. The van der Waals surface area contributed by atoms with Gasteiger partial charge in [0, 0.05) is 25.2 Å². The van der Waals surface area contributed by atoms with Crippen molar-refractivity contribution in [2.75, 3.05) is 26.2 Å². The standard InChI is InChI=1S/C15H17N3O/c16-6-2-5-13-3-1-4-14(9-13)11-18-7-8-19-15(10-17)12-18/h1,3-4,9,15H,6-8,11-12,16H2. The molecule has 1 atom stereocenters. The SMILES string of the molecule is N#CC1CN(Cc2cccc(C#CCN)c2)CCO1. The summed E-state index contributed by atoms with van der Waals surface area (Å²) < 4.78 is 5.33. The summed E-state index contributed by atoms with van der Waals surface area (Å²) in [5.41, 5.74) is 7.54. The Morgan fingerprint density at radius 2 is 2.37 bits per heavy atom. The lowest BCUT2D eigenvalue weighted by atomic mass is 10.1. The Bertz CT molecular complexity index is 524. The van der Waals surface area contributed by atoms with Crippen molar-refractivity contribution in [2.45, 2.75) is 12.6 Å². The molecule has 4 heteroatoms. The fourth-order valence-electron chi connectivity index (χ4n) is 2.08. The molecular formula is C15H17N3O. The molecule has 1 saturated heterocycles. The second kappa shape index (κ2) is 6.92. The number of nitrogens with zero attached hydrogens (tertiary/aromatic N) is 2. The van der Waals surface area contributed by atoms with E-state index >= 15 is 0 Å². The van der Waals surface area contributed by atoms with E-state index in [0.29, 0.717) is 19.7 Å². The molecule has 1 aliphatic heterocycles. The van der Waals surface area contributed by atoms with E-state index in [1.54, 1.807) is 0 Å². The molecule has 2 rings (SSSR count). The van der Waals surface area contributed by atoms with Gasteiger partial charge < -0.3 is 10.5 Å². The lowest BCUT2D eigenvalue weighted by Crippen LogP contribution is -2.41. The number of nitriles is 1. The first-order valence-corrected chi connectivity index (χ1v) is 6.33. The summed E-state index contributed by atoms with van der Waals surface area (Å²) >= 11 is 0. The molecule has 98 valence electrons. The summed E-state index contributed by atoms with van der Waals surface area (Å²) in [7, 11) is 0. The van der Waals surface area contributed by atoms with E-state index in [0.717, 1.165) is 18.7 Å². The fourth-order valence-corrected chi connectivity index (χ4v) is 2.08. The van der Waals surface area contributed by atoms with E-state index in [1.807, 2.05) is 12.1 Å². The van der Waals surface area contributed by atoms with Gasteiger partial charge in [0.1, 0.15) is 0 Å². The Balaban J connectivity index is 2.01. The van der Waals surface area contributed by atoms with Crippen molar-refractivity contribution in [3.05, 3.63) is 35.4 Å². The average Bonchev–Trinajstić information content (AvgIpc) is 2.46. The van der Waals surface area contributed by atoms with E-state index in [-0.39, 0.29) is 6.10 Å². The monoisotopic (exact) mass is 255 g/mol. The highest BCUT2D eigenvalue weighted by atomic mass is 16.5.